The molecule has 1 unspecified atom stereocenters. The van der Waals surface area contributed by atoms with Gasteiger partial charge in [-0.05, 0) is 43.1 Å². The number of nitrogens with zero attached hydrogens (tertiary/aromatic N) is 1. The molecule has 126 valence electrons. The van der Waals surface area contributed by atoms with Crippen LogP contribution >= 0.6 is 0 Å². The summed E-state index contributed by atoms with van der Waals surface area (Å²) < 4.78 is 5.94. The van der Waals surface area contributed by atoms with Gasteiger partial charge in [-0.1, -0.05) is 0 Å². The van der Waals surface area contributed by atoms with Crippen LogP contribution in [0.25, 0.3) is 0 Å². The van der Waals surface area contributed by atoms with Crippen molar-refractivity contribution in [2.45, 2.75) is 38.0 Å². The van der Waals surface area contributed by atoms with Crippen molar-refractivity contribution in [2.24, 2.45) is 0 Å². The van der Waals surface area contributed by atoms with Gasteiger partial charge in [-0.25, -0.2) is 0 Å². The number of nitrogens with one attached hydrogen (secondary N) is 2. The van der Waals surface area contributed by atoms with Crippen LogP contribution in [0, 0.1) is 0 Å². The maximum absolute atomic E-state index is 12.6. The van der Waals surface area contributed by atoms with Crippen LogP contribution in [0.5, 0.6) is 5.75 Å². The van der Waals surface area contributed by atoms with E-state index in [4.69, 9.17) is 4.74 Å². The van der Waals surface area contributed by atoms with Gasteiger partial charge in [-0.15, -0.1) is 0 Å². The minimum atomic E-state index is -0.578. The molecule has 0 saturated carbocycles. The van der Waals surface area contributed by atoms with Crippen molar-refractivity contribution in [2.75, 3.05) is 13.1 Å². The molecule has 1 aromatic rings. The van der Waals surface area contributed by atoms with E-state index in [1.807, 2.05) is 12.1 Å². The highest BCUT2D eigenvalue weighted by atomic mass is 16.5. The number of ether oxygens (including phenoxy) is 1. The van der Waals surface area contributed by atoms with Crippen LogP contribution < -0.4 is 15.4 Å². The van der Waals surface area contributed by atoms with E-state index < -0.39 is 6.04 Å². The van der Waals surface area contributed by atoms with E-state index in [0.717, 1.165) is 30.8 Å². The Bertz CT molecular complexity index is 712. The first-order valence-corrected chi connectivity index (χ1v) is 8.27. The Morgan fingerprint density at radius 2 is 2.04 bits per heavy atom. The van der Waals surface area contributed by atoms with Gasteiger partial charge >= 0.3 is 0 Å². The van der Waals surface area contributed by atoms with Crippen LogP contribution in [0.3, 0.4) is 0 Å². The first kappa shape index (κ1) is 15.1. The SMILES string of the molecule is O=C1CCC(N2Cc3cc(O[C@@H]4CCNC4)ccc3C2=O)C(=O)N1. The molecule has 3 heterocycles. The second-order valence-electron chi connectivity index (χ2n) is 6.45. The van der Waals surface area contributed by atoms with E-state index in [0.29, 0.717) is 18.5 Å². The number of imide groups is 1. The van der Waals surface area contributed by atoms with E-state index in [1.165, 1.54) is 0 Å². The second kappa shape index (κ2) is 5.90. The van der Waals surface area contributed by atoms with Crippen molar-refractivity contribution in [1.29, 1.82) is 0 Å². The Hall–Kier alpha value is -2.41. The summed E-state index contributed by atoms with van der Waals surface area (Å²) in [6.07, 6.45) is 1.77. The number of amides is 3. The Kier molecular flexibility index (Phi) is 3.72. The highest BCUT2D eigenvalue weighted by molar-refractivity contribution is 6.05. The zero-order chi connectivity index (χ0) is 16.7. The lowest BCUT2D eigenvalue weighted by Crippen LogP contribution is -2.52. The third kappa shape index (κ3) is 2.65. The van der Waals surface area contributed by atoms with Crippen LogP contribution in [0.4, 0.5) is 0 Å². The summed E-state index contributed by atoms with van der Waals surface area (Å²) in [6.45, 7) is 2.16. The molecule has 0 spiro atoms. The summed E-state index contributed by atoms with van der Waals surface area (Å²) in [5.41, 5.74) is 1.48. The number of carbonyl (C=O) groups is 3. The maximum Gasteiger partial charge on any atom is 0.255 e. The molecule has 2 N–H and O–H groups in total. The molecule has 4 rings (SSSR count). The van der Waals surface area contributed by atoms with Crippen LogP contribution in [0.15, 0.2) is 18.2 Å². The molecule has 7 heteroatoms. The number of carbonyl (C=O) groups excluding carboxylic acids is 3. The average Bonchev–Trinajstić information content (AvgIpc) is 3.16. The summed E-state index contributed by atoms with van der Waals surface area (Å²) in [5.74, 6) is -0.0730. The Morgan fingerprint density at radius 1 is 1.17 bits per heavy atom. The highest BCUT2D eigenvalue weighted by Crippen LogP contribution is 2.30. The summed E-state index contributed by atoms with van der Waals surface area (Å²) in [6, 6.07) is 4.88. The van der Waals surface area contributed by atoms with Gasteiger partial charge in [0.2, 0.25) is 11.8 Å². The molecule has 0 radical (unpaired) electrons. The molecule has 2 atom stereocenters. The molecule has 3 aliphatic rings. The highest BCUT2D eigenvalue weighted by Gasteiger charge is 2.39. The van der Waals surface area contributed by atoms with Gasteiger partial charge in [0.25, 0.3) is 5.91 Å². The monoisotopic (exact) mass is 329 g/mol. The fourth-order valence-corrected chi connectivity index (χ4v) is 3.55. The summed E-state index contributed by atoms with van der Waals surface area (Å²) in [4.78, 5) is 37.5. The number of piperidine rings is 1. The zero-order valence-electron chi connectivity index (χ0n) is 13.2. The van der Waals surface area contributed by atoms with Crippen LogP contribution in [0.2, 0.25) is 0 Å². The molecule has 2 fully saturated rings. The van der Waals surface area contributed by atoms with Gasteiger partial charge in [0.05, 0.1) is 0 Å². The Balaban J connectivity index is 1.51. The lowest BCUT2D eigenvalue weighted by atomic mass is 10.0. The molecule has 24 heavy (non-hydrogen) atoms. The molecule has 2 saturated heterocycles. The predicted molar refractivity (Wildman–Crippen MR) is 84.4 cm³/mol. The standard InChI is InChI=1S/C17H19N3O4/c21-15-4-3-14(16(22)19-15)20-9-10-7-11(1-2-13(10)17(20)23)24-12-5-6-18-8-12/h1-2,7,12,14,18H,3-6,8-9H2,(H,19,21,22)/t12-,14?/m1/s1. The first-order chi connectivity index (χ1) is 11.6. The van der Waals surface area contributed by atoms with Gasteiger partial charge < -0.3 is 15.0 Å². The van der Waals surface area contributed by atoms with Crippen LogP contribution in [-0.4, -0.2) is 47.9 Å². The van der Waals surface area contributed by atoms with Crippen LogP contribution in [-0.2, 0) is 16.1 Å². The zero-order valence-corrected chi connectivity index (χ0v) is 13.2. The lowest BCUT2D eigenvalue weighted by molar-refractivity contribution is -0.136. The van der Waals surface area contributed by atoms with Crippen molar-refractivity contribution in [1.82, 2.24) is 15.5 Å². The Labute approximate surface area is 139 Å². The van der Waals surface area contributed by atoms with Gasteiger partial charge in [-0.2, -0.15) is 0 Å². The average molecular weight is 329 g/mol. The number of hydrogen-bond donors (Lipinski definition) is 2. The minimum absolute atomic E-state index is 0.159. The quantitative estimate of drug-likeness (QED) is 0.773. The van der Waals surface area contributed by atoms with E-state index >= 15 is 0 Å². The summed E-state index contributed by atoms with van der Waals surface area (Å²) in [5, 5.41) is 5.56. The van der Waals surface area contributed by atoms with Gasteiger partial charge in [0.1, 0.15) is 17.9 Å². The first-order valence-electron chi connectivity index (χ1n) is 8.27. The van der Waals surface area contributed by atoms with Gasteiger partial charge in [0, 0.05) is 25.1 Å². The second-order valence-corrected chi connectivity index (χ2v) is 6.45. The Morgan fingerprint density at radius 3 is 2.79 bits per heavy atom. The molecule has 7 nitrogen and oxygen atoms in total. The van der Waals surface area contributed by atoms with Crippen molar-refractivity contribution in [3.63, 3.8) is 0 Å². The fourth-order valence-electron chi connectivity index (χ4n) is 3.55. The number of hydrogen-bond acceptors (Lipinski definition) is 5. The summed E-state index contributed by atoms with van der Waals surface area (Å²) in [7, 11) is 0. The van der Waals surface area contributed by atoms with Crippen molar-refractivity contribution >= 4 is 17.7 Å². The lowest BCUT2D eigenvalue weighted by Gasteiger charge is -2.29. The topological polar surface area (TPSA) is 87.7 Å². The predicted octanol–water partition coefficient (Wildman–Crippen LogP) is 0.188. The molecule has 0 aromatic heterocycles. The van der Waals surface area contributed by atoms with Gasteiger partial charge in [-0.3, -0.25) is 19.7 Å². The molecule has 3 amide bonds. The van der Waals surface area contributed by atoms with Crippen LogP contribution in [0.1, 0.15) is 35.2 Å². The van der Waals surface area contributed by atoms with E-state index in [2.05, 4.69) is 10.6 Å². The van der Waals surface area contributed by atoms with E-state index in [9.17, 15) is 14.4 Å². The van der Waals surface area contributed by atoms with E-state index in [1.54, 1.807) is 11.0 Å². The third-order valence-electron chi connectivity index (χ3n) is 4.81. The van der Waals surface area contributed by atoms with E-state index in [-0.39, 0.29) is 30.2 Å². The molecular weight excluding hydrogens is 310 g/mol. The number of fused-ring (bicyclic) bond motifs is 1. The number of benzene rings is 1. The fraction of sp³-hybridized carbons (Fsp3) is 0.471. The smallest absolute Gasteiger partial charge is 0.255 e. The van der Waals surface area contributed by atoms with Gasteiger partial charge in [0.15, 0.2) is 0 Å². The molecular formula is C17H19N3O4. The number of rotatable bonds is 3. The maximum atomic E-state index is 12.6. The largest absolute Gasteiger partial charge is 0.489 e. The normalized spacial score (nSPS) is 26.5. The van der Waals surface area contributed by atoms with Crippen molar-refractivity contribution in [3.05, 3.63) is 29.3 Å². The minimum Gasteiger partial charge on any atom is -0.489 e. The molecule has 1 aromatic carbocycles. The summed E-state index contributed by atoms with van der Waals surface area (Å²) >= 11 is 0. The van der Waals surface area contributed by atoms with Crippen molar-refractivity contribution < 1.29 is 19.1 Å². The molecule has 3 aliphatic heterocycles. The third-order valence-corrected chi connectivity index (χ3v) is 4.81. The van der Waals surface area contributed by atoms with Crippen molar-refractivity contribution in [3.8, 4) is 5.75 Å². The molecule has 0 bridgehead atoms. The molecule has 0 aliphatic carbocycles.